The molecular weight excluding hydrogens is 777 g/mol. The van der Waals surface area contributed by atoms with Crippen LogP contribution in [0.25, 0.3) is 44.2 Å². The highest BCUT2D eigenvalue weighted by Gasteiger charge is 2.47. The summed E-state index contributed by atoms with van der Waals surface area (Å²) in [4.78, 5) is 4.72. The second kappa shape index (κ2) is 15.5. The Labute approximate surface area is 373 Å². The third-order valence-electron chi connectivity index (χ3n) is 12.9. The summed E-state index contributed by atoms with van der Waals surface area (Å²) in [6.45, 7) is 0. The van der Waals surface area contributed by atoms with Crippen molar-refractivity contribution in [2.45, 2.75) is 5.41 Å². The maximum atomic E-state index is 6.82. The highest BCUT2D eigenvalue weighted by atomic mass is 16.3. The van der Waals surface area contributed by atoms with Crippen molar-refractivity contribution in [3.05, 3.63) is 277 Å². The molecule has 1 heterocycles. The first kappa shape index (κ1) is 37.4. The Kier molecular flexibility index (Phi) is 9.05. The van der Waals surface area contributed by atoms with Crippen LogP contribution in [0.4, 0.5) is 34.1 Å². The number of para-hydroxylation sites is 5. The zero-order chi connectivity index (χ0) is 42.5. The van der Waals surface area contributed by atoms with E-state index < -0.39 is 5.41 Å². The Morgan fingerprint density at radius 2 is 0.812 bits per heavy atom. The molecule has 1 aromatic heterocycles. The van der Waals surface area contributed by atoms with Crippen LogP contribution in [-0.4, -0.2) is 0 Å². The van der Waals surface area contributed by atoms with Crippen LogP contribution in [0.1, 0.15) is 22.3 Å². The van der Waals surface area contributed by atoms with Gasteiger partial charge in [-0.1, -0.05) is 176 Å². The second-order valence-corrected chi connectivity index (χ2v) is 16.5. The van der Waals surface area contributed by atoms with E-state index in [0.717, 1.165) is 72.8 Å². The molecule has 0 fully saturated rings. The van der Waals surface area contributed by atoms with Crippen LogP contribution in [0.5, 0.6) is 0 Å². The van der Waals surface area contributed by atoms with Gasteiger partial charge in [0.2, 0.25) is 0 Å². The van der Waals surface area contributed by atoms with Gasteiger partial charge in [0.1, 0.15) is 11.2 Å². The van der Waals surface area contributed by atoms with Gasteiger partial charge in [-0.15, -0.1) is 0 Å². The van der Waals surface area contributed by atoms with Gasteiger partial charge in [-0.25, -0.2) is 0 Å². The minimum atomic E-state index is -0.628. The molecule has 1 atom stereocenters. The molecule has 1 aliphatic carbocycles. The Hall–Kier alpha value is -8.40. The molecule has 3 heteroatoms. The molecule has 12 rings (SSSR count). The molecule has 0 N–H and O–H groups in total. The van der Waals surface area contributed by atoms with Gasteiger partial charge in [0, 0.05) is 50.5 Å². The first-order valence-electron chi connectivity index (χ1n) is 21.9. The molecule has 0 aliphatic heterocycles. The predicted octanol–water partition coefficient (Wildman–Crippen LogP) is 16.6. The van der Waals surface area contributed by atoms with Crippen molar-refractivity contribution in [1.29, 1.82) is 0 Å². The van der Waals surface area contributed by atoms with Crippen molar-refractivity contribution in [2.24, 2.45) is 0 Å². The Morgan fingerprint density at radius 3 is 1.41 bits per heavy atom. The monoisotopic (exact) mass is 818 g/mol. The van der Waals surface area contributed by atoms with Gasteiger partial charge in [-0.2, -0.15) is 0 Å². The summed E-state index contributed by atoms with van der Waals surface area (Å²) in [7, 11) is 0. The number of fused-ring (bicyclic) bond motifs is 7. The third kappa shape index (κ3) is 6.05. The summed E-state index contributed by atoms with van der Waals surface area (Å²) in [5, 5.41) is 2.27. The Bertz CT molecular complexity index is 3260. The number of benzene rings is 10. The Morgan fingerprint density at radius 1 is 0.312 bits per heavy atom. The normalized spacial score (nSPS) is 14.0. The number of nitrogens with zero attached hydrogens (tertiary/aromatic N) is 2. The minimum Gasteiger partial charge on any atom is -0.455 e. The van der Waals surface area contributed by atoms with Crippen LogP contribution >= 0.6 is 0 Å². The highest BCUT2D eigenvalue weighted by Crippen LogP contribution is 2.59. The second-order valence-electron chi connectivity index (χ2n) is 16.5. The van der Waals surface area contributed by atoms with Crippen molar-refractivity contribution in [3.8, 4) is 22.3 Å². The lowest BCUT2D eigenvalue weighted by Crippen LogP contribution is -2.28. The molecule has 302 valence electrons. The fourth-order valence-corrected chi connectivity index (χ4v) is 10.2. The maximum Gasteiger partial charge on any atom is 0.143 e. The molecule has 0 amide bonds. The molecule has 0 saturated carbocycles. The number of furan rings is 1. The zero-order valence-corrected chi connectivity index (χ0v) is 35.1. The van der Waals surface area contributed by atoms with Crippen LogP contribution in [0, 0.1) is 0 Å². The molecule has 64 heavy (non-hydrogen) atoms. The number of hydrogen-bond donors (Lipinski definition) is 0. The molecule has 0 spiro atoms. The SMILES string of the molecule is c1ccc(N(c2ccccc2)c2cc(-c3cccc(C4(c5ccccc5)c5ccccc5-c5c4ccc4c5oc5ccccc54)c3)cc(N(c3ccccc3)c3ccccc3)c2)cc1. The Balaban J connectivity index is 1.13. The van der Waals surface area contributed by atoms with Crippen LogP contribution in [0.15, 0.2) is 259 Å². The van der Waals surface area contributed by atoms with Crippen LogP contribution in [0.3, 0.4) is 0 Å². The molecule has 0 radical (unpaired) electrons. The lowest BCUT2D eigenvalue weighted by atomic mass is 9.67. The molecule has 0 saturated heterocycles. The number of rotatable bonds is 9. The molecule has 0 bridgehead atoms. The number of anilines is 6. The van der Waals surface area contributed by atoms with Gasteiger partial charge in [-0.05, 0) is 118 Å². The van der Waals surface area contributed by atoms with Crippen LogP contribution in [-0.2, 0) is 5.41 Å². The minimum absolute atomic E-state index is 0.628. The summed E-state index contributed by atoms with van der Waals surface area (Å²) in [5.41, 5.74) is 17.1. The van der Waals surface area contributed by atoms with E-state index in [0.29, 0.717) is 0 Å². The lowest BCUT2D eigenvalue weighted by molar-refractivity contribution is 0.669. The van der Waals surface area contributed by atoms with Crippen molar-refractivity contribution in [1.82, 2.24) is 0 Å². The van der Waals surface area contributed by atoms with E-state index in [4.69, 9.17) is 4.42 Å². The van der Waals surface area contributed by atoms with E-state index >= 15 is 0 Å². The van der Waals surface area contributed by atoms with Gasteiger partial charge in [0.05, 0.1) is 5.41 Å². The van der Waals surface area contributed by atoms with Crippen molar-refractivity contribution >= 4 is 56.1 Å². The van der Waals surface area contributed by atoms with Gasteiger partial charge in [0.15, 0.2) is 0 Å². The molecule has 1 unspecified atom stereocenters. The van der Waals surface area contributed by atoms with E-state index in [9.17, 15) is 0 Å². The lowest BCUT2D eigenvalue weighted by Gasteiger charge is -2.34. The summed E-state index contributed by atoms with van der Waals surface area (Å²) >= 11 is 0. The fourth-order valence-electron chi connectivity index (χ4n) is 10.2. The van der Waals surface area contributed by atoms with Gasteiger partial charge < -0.3 is 14.2 Å². The summed E-state index contributed by atoms with van der Waals surface area (Å²) in [5.74, 6) is 0. The maximum absolute atomic E-state index is 6.82. The molecule has 11 aromatic rings. The van der Waals surface area contributed by atoms with Gasteiger partial charge >= 0.3 is 0 Å². The molecule has 10 aromatic carbocycles. The molecule has 1 aliphatic rings. The summed E-state index contributed by atoms with van der Waals surface area (Å²) in [6.07, 6.45) is 0. The zero-order valence-electron chi connectivity index (χ0n) is 35.1. The summed E-state index contributed by atoms with van der Waals surface area (Å²) < 4.78 is 6.82. The average Bonchev–Trinajstić information content (AvgIpc) is 3.90. The van der Waals surface area contributed by atoms with E-state index in [1.54, 1.807) is 0 Å². The van der Waals surface area contributed by atoms with Crippen molar-refractivity contribution in [2.75, 3.05) is 9.80 Å². The van der Waals surface area contributed by atoms with Crippen molar-refractivity contribution in [3.63, 3.8) is 0 Å². The van der Waals surface area contributed by atoms with Crippen molar-refractivity contribution < 1.29 is 4.42 Å². The molecule has 3 nitrogen and oxygen atoms in total. The van der Waals surface area contributed by atoms with Gasteiger partial charge in [0.25, 0.3) is 0 Å². The largest absolute Gasteiger partial charge is 0.455 e. The first-order valence-corrected chi connectivity index (χ1v) is 21.9. The highest BCUT2D eigenvalue weighted by molar-refractivity contribution is 6.12. The van der Waals surface area contributed by atoms with E-state index in [2.05, 4.69) is 265 Å². The van der Waals surface area contributed by atoms with Crippen LogP contribution in [0.2, 0.25) is 0 Å². The smallest absolute Gasteiger partial charge is 0.143 e. The summed E-state index contributed by atoms with van der Waals surface area (Å²) in [6, 6.07) is 91.9. The van der Waals surface area contributed by atoms with E-state index in [-0.39, 0.29) is 0 Å². The topological polar surface area (TPSA) is 19.6 Å². The number of hydrogen-bond acceptors (Lipinski definition) is 3. The molecular formula is C61H42N2O. The predicted molar refractivity (Wildman–Crippen MR) is 266 cm³/mol. The van der Waals surface area contributed by atoms with E-state index in [1.165, 1.54) is 27.8 Å². The third-order valence-corrected chi connectivity index (χ3v) is 12.9. The standard InChI is InChI=1S/C61H42N2O/c1-6-22-45(23-7-1)61(56-35-18-16-34-55(56)59-57(61)38-37-54-53-33-17-19-36-58(53)64-60(54)59)46-24-20-21-43(39-46)44-40-51(62(47-25-8-2-9-26-47)48-27-10-3-11-28-48)42-52(41-44)63(49-29-12-4-13-30-49)50-31-14-5-15-32-50/h1-42H. The quantitative estimate of drug-likeness (QED) is 0.145. The van der Waals surface area contributed by atoms with Gasteiger partial charge in [-0.3, -0.25) is 0 Å². The van der Waals surface area contributed by atoms with Crippen LogP contribution < -0.4 is 9.80 Å². The fraction of sp³-hybridized carbons (Fsp3) is 0.0164. The average molecular weight is 819 g/mol. The first-order chi connectivity index (χ1) is 31.8. The van der Waals surface area contributed by atoms with E-state index in [1.807, 2.05) is 0 Å².